The van der Waals surface area contributed by atoms with Gasteiger partial charge in [-0.3, -0.25) is 4.31 Å². The van der Waals surface area contributed by atoms with Gasteiger partial charge in [0, 0.05) is 4.47 Å². The fourth-order valence-electron chi connectivity index (χ4n) is 1.94. The largest absolute Gasteiger partial charge is 0.497 e. The molecule has 0 bridgehead atoms. The molecule has 0 aromatic heterocycles. The predicted octanol–water partition coefficient (Wildman–Crippen LogP) is 3.84. The molecule has 116 valence electrons. The molecule has 22 heavy (non-hydrogen) atoms. The van der Waals surface area contributed by atoms with E-state index in [1.807, 2.05) is 0 Å². The summed E-state index contributed by atoms with van der Waals surface area (Å²) in [6.07, 6.45) is 1.56. The number of ether oxygens (including phenoxy) is 1. The number of hydrogen-bond donors (Lipinski definition) is 0. The third-order valence-corrected chi connectivity index (χ3v) is 5.39. The van der Waals surface area contributed by atoms with Crippen LogP contribution in [0.5, 0.6) is 5.75 Å². The van der Waals surface area contributed by atoms with Crippen molar-refractivity contribution in [2.24, 2.45) is 0 Å². The van der Waals surface area contributed by atoms with Crippen molar-refractivity contribution >= 4 is 31.6 Å². The average Bonchev–Trinajstić information content (AvgIpc) is 2.53. The highest BCUT2D eigenvalue weighted by Gasteiger charge is 2.23. The van der Waals surface area contributed by atoms with Gasteiger partial charge >= 0.3 is 0 Å². The summed E-state index contributed by atoms with van der Waals surface area (Å²) in [5.41, 5.74) is 0.559. The second-order valence-electron chi connectivity index (χ2n) is 4.48. The van der Waals surface area contributed by atoms with Gasteiger partial charge in [0.1, 0.15) is 5.75 Å². The first-order valence-electron chi connectivity index (χ1n) is 6.52. The zero-order valence-electron chi connectivity index (χ0n) is 12.1. The molecule has 4 nitrogen and oxygen atoms in total. The third kappa shape index (κ3) is 3.51. The smallest absolute Gasteiger partial charge is 0.264 e. The molecule has 0 aliphatic rings. The second kappa shape index (κ2) is 6.98. The first kappa shape index (κ1) is 16.6. The summed E-state index contributed by atoms with van der Waals surface area (Å²) in [7, 11) is -2.09. The van der Waals surface area contributed by atoms with Crippen molar-refractivity contribution in [1.29, 1.82) is 0 Å². The lowest BCUT2D eigenvalue weighted by atomic mass is 10.3. The summed E-state index contributed by atoms with van der Waals surface area (Å²) < 4.78 is 32.9. The molecule has 0 heterocycles. The topological polar surface area (TPSA) is 46.6 Å². The molecule has 2 rings (SSSR count). The van der Waals surface area contributed by atoms with Gasteiger partial charge in [0.25, 0.3) is 10.0 Å². The maximum atomic E-state index is 12.8. The molecule has 0 amide bonds. The van der Waals surface area contributed by atoms with E-state index >= 15 is 0 Å². The standard InChI is InChI=1S/C16H16BrNO3S/c1-3-12-18(14-6-8-15(21-2)9-7-14)22(19,20)16-10-4-13(17)5-11-16/h3-11H,1,12H2,2H3. The van der Waals surface area contributed by atoms with Crippen LogP contribution in [0.25, 0.3) is 0 Å². The molecular weight excluding hydrogens is 366 g/mol. The van der Waals surface area contributed by atoms with Gasteiger partial charge in [-0.05, 0) is 48.5 Å². The van der Waals surface area contributed by atoms with E-state index in [9.17, 15) is 8.42 Å². The Labute approximate surface area is 139 Å². The first-order valence-corrected chi connectivity index (χ1v) is 8.75. The second-order valence-corrected chi connectivity index (χ2v) is 7.25. The number of benzene rings is 2. The molecule has 0 spiro atoms. The van der Waals surface area contributed by atoms with Crippen LogP contribution in [0.2, 0.25) is 0 Å². The van der Waals surface area contributed by atoms with Crippen molar-refractivity contribution < 1.29 is 13.2 Å². The van der Waals surface area contributed by atoms with E-state index in [4.69, 9.17) is 4.74 Å². The van der Waals surface area contributed by atoms with Crippen LogP contribution in [-0.4, -0.2) is 22.1 Å². The molecule has 0 aliphatic carbocycles. The van der Waals surface area contributed by atoms with Crippen molar-refractivity contribution in [2.75, 3.05) is 18.0 Å². The minimum Gasteiger partial charge on any atom is -0.497 e. The number of hydrogen-bond acceptors (Lipinski definition) is 3. The van der Waals surface area contributed by atoms with E-state index in [0.29, 0.717) is 11.4 Å². The Kier molecular flexibility index (Phi) is 5.26. The summed E-state index contributed by atoms with van der Waals surface area (Å²) in [6, 6.07) is 13.4. The van der Waals surface area contributed by atoms with Gasteiger partial charge in [0.05, 0.1) is 24.2 Å². The molecule has 2 aromatic carbocycles. The van der Waals surface area contributed by atoms with Crippen LogP contribution >= 0.6 is 15.9 Å². The number of anilines is 1. The summed E-state index contributed by atoms with van der Waals surface area (Å²) in [5.74, 6) is 0.670. The fourth-order valence-corrected chi connectivity index (χ4v) is 3.64. The number of rotatable bonds is 6. The van der Waals surface area contributed by atoms with Gasteiger partial charge in [-0.25, -0.2) is 8.42 Å². The Bertz CT molecular complexity index is 740. The molecule has 0 saturated carbocycles. The molecule has 0 atom stereocenters. The Balaban J connectivity index is 2.45. The monoisotopic (exact) mass is 381 g/mol. The fraction of sp³-hybridized carbons (Fsp3) is 0.125. The summed E-state index contributed by atoms with van der Waals surface area (Å²) >= 11 is 3.30. The van der Waals surface area contributed by atoms with Gasteiger partial charge in [0.15, 0.2) is 0 Å². The Hall–Kier alpha value is -1.79. The summed E-state index contributed by atoms with van der Waals surface area (Å²) in [4.78, 5) is 0.230. The molecule has 0 aliphatic heterocycles. The molecule has 0 saturated heterocycles. The molecular formula is C16H16BrNO3S. The predicted molar refractivity (Wildman–Crippen MR) is 91.9 cm³/mol. The Morgan fingerprint density at radius 2 is 1.73 bits per heavy atom. The summed E-state index contributed by atoms with van der Waals surface area (Å²) in [5, 5.41) is 0. The third-order valence-electron chi connectivity index (χ3n) is 3.06. The molecule has 6 heteroatoms. The van der Waals surface area contributed by atoms with Crippen LogP contribution in [0.4, 0.5) is 5.69 Å². The number of sulfonamides is 1. The lowest BCUT2D eigenvalue weighted by Gasteiger charge is -2.23. The van der Waals surface area contributed by atoms with Crippen LogP contribution in [-0.2, 0) is 10.0 Å². The zero-order valence-corrected chi connectivity index (χ0v) is 14.5. The highest BCUT2D eigenvalue weighted by molar-refractivity contribution is 9.10. The van der Waals surface area contributed by atoms with E-state index in [0.717, 1.165) is 4.47 Å². The SMILES string of the molecule is C=CCN(c1ccc(OC)cc1)S(=O)(=O)c1ccc(Br)cc1. The molecule has 2 aromatic rings. The lowest BCUT2D eigenvalue weighted by Crippen LogP contribution is -2.31. The average molecular weight is 382 g/mol. The van der Waals surface area contributed by atoms with Crippen LogP contribution in [0.3, 0.4) is 0 Å². The number of methoxy groups -OCH3 is 1. The van der Waals surface area contributed by atoms with Gasteiger partial charge < -0.3 is 4.74 Å². The van der Waals surface area contributed by atoms with Crippen molar-refractivity contribution in [3.05, 3.63) is 65.7 Å². The number of nitrogens with zero attached hydrogens (tertiary/aromatic N) is 1. The lowest BCUT2D eigenvalue weighted by molar-refractivity contribution is 0.415. The van der Waals surface area contributed by atoms with E-state index < -0.39 is 10.0 Å². The molecule has 0 N–H and O–H groups in total. The highest BCUT2D eigenvalue weighted by atomic mass is 79.9. The van der Waals surface area contributed by atoms with Crippen molar-refractivity contribution in [2.45, 2.75) is 4.90 Å². The van der Waals surface area contributed by atoms with Crippen molar-refractivity contribution in [1.82, 2.24) is 0 Å². The quantitative estimate of drug-likeness (QED) is 0.714. The molecule has 0 fully saturated rings. The van der Waals surface area contributed by atoms with Gasteiger partial charge in [-0.1, -0.05) is 22.0 Å². The van der Waals surface area contributed by atoms with Crippen LogP contribution < -0.4 is 9.04 Å². The maximum absolute atomic E-state index is 12.8. The zero-order chi connectivity index (χ0) is 16.2. The van der Waals surface area contributed by atoms with Crippen LogP contribution in [0.1, 0.15) is 0 Å². The van der Waals surface area contributed by atoms with E-state index in [2.05, 4.69) is 22.5 Å². The highest BCUT2D eigenvalue weighted by Crippen LogP contribution is 2.26. The van der Waals surface area contributed by atoms with Crippen LogP contribution in [0, 0.1) is 0 Å². The summed E-state index contributed by atoms with van der Waals surface area (Å²) in [6.45, 7) is 3.83. The van der Waals surface area contributed by atoms with E-state index in [-0.39, 0.29) is 11.4 Å². The Morgan fingerprint density at radius 1 is 1.14 bits per heavy atom. The Morgan fingerprint density at radius 3 is 2.23 bits per heavy atom. The number of halogens is 1. The van der Waals surface area contributed by atoms with Gasteiger partial charge in [-0.15, -0.1) is 6.58 Å². The van der Waals surface area contributed by atoms with Crippen molar-refractivity contribution in [3.8, 4) is 5.75 Å². The normalized spacial score (nSPS) is 11.0. The van der Waals surface area contributed by atoms with Gasteiger partial charge in [-0.2, -0.15) is 0 Å². The van der Waals surface area contributed by atoms with Crippen molar-refractivity contribution in [3.63, 3.8) is 0 Å². The van der Waals surface area contributed by atoms with Gasteiger partial charge in [0.2, 0.25) is 0 Å². The van der Waals surface area contributed by atoms with Crippen LogP contribution in [0.15, 0.2) is 70.6 Å². The molecule has 0 unspecified atom stereocenters. The minimum atomic E-state index is -3.65. The molecule has 0 radical (unpaired) electrons. The van der Waals surface area contributed by atoms with E-state index in [1.54, 1.807) is 61.7 Å². The first-order chi connectivity index (χ1) is 10.5. The van der Waals surface area contributed by atoms with E-state index in [1.165, 1.54) is 4.31 Å². The minimum absolute atomic E-state index is 0.185. The maximum Gasteiger partial charge on any atom is 0.264 e.